The van der Waals surface area contributed by atoms with E-state index in [1.807, 2.05) is 0 Å². The maximum absolute atomic E-state index is 10.8. The number of hydrogen-bond acceptors (Lipinski definition) is 5. The molecule has 1 aliphatic heterocycles. The minimum atomic E-state index is -0.766. The fourth-order valence-corrected chi connectivity index (χ4v) is 2.04. The van der Waals surface area contributed by atoms with E-state index in [1.165, 1.54) is 6.07 Å². The zero-order valence-electron chi connectivity index (χ0n) is 9.19. The number of nitro benzene ring substituents is 1. The molecular weight excluding hydrogens is 224 g/mol. The van der Waals surface area contributed by atoms with Crippen LogP contribution < -0.4 is 0 Å². The van der Waals surface area contributed by atoms with Gasteiger partial charge in [0.2, 0.25) is 0 Å². The summed E-state index contributed by atoms with van der Waals surface area (Å²) in [6.45, 7) is 1.05. The zero-order chi connectivity index (χ0) is 12.4. The number of nitro groups is 1. The predicted molar refractivity (Wildman–Crippen MR) is 60.4 cm³/mol. The highest BCUT2D eigenvalue weighted by atomic mass is 16.6. The van der Waals surface area contributed by atoms with Crippen LogP contribution in [0, 0.1) is 10.1 Å². The van der Waals surface area contributed by atoms with Crippen molar-refractivity contribution in [3.63, 3.8) is 0 Å². The van der Waals surface area contributed by atoms with Crippen molar-refractivity contribution in [3.8, 4) is 0 Å². The van der Waals surface area contributed by atoms with E-state index < -0.39 is 17.1 Å². The lowest BCUT2D eigenvalue weighted by molar-refractivity contribution is -0.385. The molecule has 2 rings (SSSR count). The fraction of sp³-hybridized carbons (Fsp3) is 0.455. The average Bonchev–Trinajstić information content (AvgIpc) is 2.58. The van der Waals surface area contributed by atoms with Crippen LogP contribution in [0.5, 0.6) is 0 Å². The van der Waals surface area contributed by atoms with Gasteiger partial charge in [0, 0.05) is 31.3 Å². The Morgan fingerprint density at radius 3 is 2.47 bits per heavy atom. The lowest BCUT2D eigenvalue weighted by Gasteiger charge is -2.14. The van der Waals surface area contributed by atoms with Crippen molar-refractivity contribution >= 4 is 5.69 Å². The van der Waals surface area contributed by atoms with Crippen LogP contribution in [0.3, 0.4) is 0 Å². The highest BCUT2D eigenvalue weighted by Gasteiger charge is 2.30. The fourth-order valence-electron chi connectivity index (χ4n) is 2.04. The van der Waals surface area contributed by atoms with Crippen LogP contribution in [0.25, 0.3) is 0 Å². The maximum Gasteiger partial charge on any atom is 0.273 e. The Hall–Kier alpha value is -1.50. The highest BCUT2D eigenvalue weighted by molar-refractivity contribution is 5.39. The van der Waals surface area contributed by atoms with Crippen molar-refractivity contribution in [2.24, 2.45) is 0 Å². The quantitative estimate of drug-likeness (QED) is 0.577. The van der Waals surface area contributed by atoms with Crippen LogP contribution in [0.15, 0.2) is 24.3 Å². The Morgan fingerprint density at radius 1 is 1.29 bits per heavy atom. The van der Waals surface area contributed by atoms with Gasteiger partial charge in [0.05, 0.1) is 17.1 Å². The molecular formula is C11H14N2O4. The molecule has 0 spiro atoms. The average molecular weight is 238 g/mol. The molecule has 2 unspecified atom stereocenters. The topological polar surface area (TPSA) is 86.8 Å². The molecule has 0 aromatic heterocycles. The molecule has 6 nitrogen and oxygen atoms in total. The first kappa shape index (κ1) is 12.0. The molecule has 1 aliphatic rings. The van der Waals surface area contributed by atoms with Crippen molar-refractivity contribution in [1.82, 2.24) is 4.90 Å². The third kappa shape index (κ3) is 2.60. The summed E-state index contributed by atoms with van der Waals surface area (Å²) in [7, 11) is 0. The number of hydrogen-bond donors (Lipinski definition) is 2. The van der Waals surface area contributed by atoms with Crippen LogP contribution in [0.2, 0.25) is 0 Å². The van der Waals surface area contributed by atoms with Gasteiger partial charge in [-0.3, -0.25) is 15.0 Å². The molecule has 1 saturated heterocycles. The SMILES string of the molecule is O=[N+]([O-])c1ccccc1CN1CC(O)C(O)C1. The molecule has 1 fully saturated rings. The molecule has 1 aromatic rings. The smallest absolute Gasteiger partial charge is 0.273 e. The van der Waals surface area contributed by atoms with Gasteiger partial charge >= 0.3 is 0 Å². The van der Waals surface area contributed by atoms with Gasteiger partial charge < -0.3 is 10.2 Å². The van der Waals surface area contributed by atoms with E-state index in [0.29, 0.717) is 25.2 Å². The van der Waals surface area contributed by atoms with Gasteiger partial charge in [-0.15, -0.1) is 0 Å². The number of aliphatic hydroxyl groups is 2. The summed E-state index contributed by atoms with van der Waals surface area (Å²) in [6, 6.07) is 6.51. The van der Waals surface area contributed by atoms with Gasteiger partial charge in [0.15, 0.2) is 0 Å². The number of benzene rings is 1. The molecule has 2 atom stereocenters. The maximum atomic E-state index is 10.8. The van der Waals surface area contributed by atoms with E-state index in [2.05, 4.69) is 0 Å². The Balaban J connectivity index is 2.11. The number of rotatable bonds is 3. The van der Waals surface area contributed by atoms with Gasteiger partial charge in [0.25, 0.3) is 5.69 Å². The van der Waals surface area contributed by atoms with E-state index in [4.69, 9.17) is 0 Å². The molecule has 1 heterocycles. The van der Waals surface area contributed by atoms with Crippen LogP contribution in [0.1, 0.15) is 5.56 Å². The molecule has 2 N–H and O–H groups in total. The van der Waals surface area contributed by atoms with E-state index in [9.17, 15) is 20.3 Å². The third-order valence-corrected chi connectivity index (χ3v) is 2.92. The number of likely N-dealkylation sites (tertiary alicyclic amines) is 1. The summed E-state index contributed by atoms with van der Waals surface area (Å²) in [4.78, 5) is 12.2. The standard InChI is InChI=1S/C11H14N2O4/c14-10-6-12(7-11(10)15)5-8-3-1-2-4-9(8)13(16)17/h1-4,10-11,14-15H,5-7H2. The van der Waals surface area contributed by atoms with Crippen molar-refractivity contribution < 1.29 is 15.1 Å². The second kappa shape index (κ2) is 4.79. The lowest BCUT2D eigenvalue weighted by atomic mass is 10.1. The zero-order valence-corrected chi connectivity index (χ0v) is 9.19. The normalized spacial score (nSPS) is 25.1. The predicted octanol–water partition coefficient (Wildman–Crippen LogP) is 0.132. The van der Waals surface area contributed by atoms with Crippen molar-refractivity contribution in [2.45, 2.75) is 18.8 Å². The van der Waals surface area contributed by atoms with E-state index >= 15 is 0 Å². The van der Waals surface area contributed by atoms with Gasteiger partial charge in [-0.05, 0) is 0 Å². The summed E-state index contributed by atoms with van der Waals surface area (Å²) in [5.74, 6) is 0. The largest absolute Gasteiger partial charge is 0.389 e. The number of β-amino-alcohol motifs (C(OH)–C–C–N with tert-alkyl or cyclic N) is 2. The Labute approximate surface area is 98.3 Å². The number of nitrogens with zero attached hydrogens (tertiary/aromatic N) is 2. The molecule has 1 aromatic carbocycles. The summed E-state index contributed by atoms with van der Waals surface area (Å²) in [5, 5.41) is 29.6. The summed E-state index contributed by atoms with van der Waals surface area (Å²) < 4.78 is 0. The molecule has 17 heavy (non-hydrogen) atoms. The van der Waals surface area contributed by atoms with Gasteiger partial charge in [-0.25, -0.2) is 0 Å². The van der Waals surface area contributed by atoms with Crippen LogP contribution in [0.4, 0.5) is 5.69 Å². The first-order chi connectivity index (χ1) is 8.08. The van der Waals surface area contributed by atoms with Crippen molar-refractivity contribution in [1.29, 1.82) is 0 Å². The molecule has 0 amide bonds. The van der Waals surface area contributed by atoms with Gasteiger partial charge in [-0.1, -0.05) is 18.2 Å². The van der Waals surface area contributed by atoms with Crippen molar-refractivity contribution in [3.05, 3.63) is 39.9 Å². The molecule has 0 aliphatic carbocycles. The summed E-state index contributed by atoms with van der Waals surface area (Å²) in [5.41, 5.74) is 0.669. The van der Waals surface area contributed by atoms with Crippen LogP contribution in [-0.2, 0) is 6.54 Å². The number of para-hydroxylation sites is 1. The first-order valence-electron chi connectivity index (χ1n) is 5.38. The monoisotopic (exact) mass is 238 g/mol. The highest BCUT2D eigenvalue weighted by Crippen LogP contribution is 2.21. The molecule has 6 heteroatoms. The third-order valence-electron chi connectivity index (χ3n) is 2.92. The van der Waals surface area contributed by atoms with E-state index in [1.54, 1.807) is 23.1 Å². The second-order valence-corrected chi connectivity index (χ2v) is 4.21. The van der Waals surface area contributed by atoms with Gasteiger partial charge in [0.1, 0.15) is 0 Å². The van der Waals surface area contributed by atoms with E-state index in [0.717, 1.165) is 0 Å². The first-order valence-corrected chi connectivity index (χ1v) is 5.38. The minimum absolute atomic E-state index is 0.0726. The minimum Gasteiger partial charge on any atom is -0.389 e. The second-order valence-electron chi connectivity index (χ2n) is 4.21. The lowest BCUT2D eigenvalue weighted by Crippen LogP contribution is -2.22. The number of aliphatic hydroxyl groups excluding tert-OH is 2. The van der Waals surface area contributed by atoms with E-state index in [-0.39, 0.29) is 5.69 Å². The van der Waals surface area contributed by atoms with Crippen LogP contribution >= 0.6 is 0 Å². The Kier molecular flexibility index (Phi) is 3.37. The molecule has 92 valence electrons. The van der Waals surface area contributed by atoms with Crippen molar-refractivity contribution in [2.75, 3.05) is 13.1 Å². The van der Waals surface area contributed by atoms with Gasteiger partial charge in [-0.2, -0.15) is 0 Å². The molecule has 0 radical (unpaired) electrons. The summed E-state index contributed by atoms with van der Waals surface area (Å²) in [6.07, 6.45) is -1.53. The summed E-state index contributed by atoms with van der Waals surface area (Å²) >= 11 is 0. The molecule has 0 bridgehead atoms. The Bertz CT molecular complexity index is 414. The molecule has 0 saturated carbocycles. The van der Waals surface area contributed by atoms with Crippen LogP contribution in [-0.4, -0.2) is 45.3 Å². The Morgan fingerprint density at radius 2 is 1.88 bits per heavy atom.